The van der Waals surface area contributed by atoms with Crippen LogP contribution >= 0.6 is 23.2 Å². The maximum atomic E-state index is 6.02. The van der Waals surface area contributed by atoms with Gasteiger partial charge in [0.15, 0.2) is 0 Å². The third-order valence-corrected chi connectivity index (χ3v) is 2.83. The lowest BCUT2D eigenvalue weighted by atomic mass is 10.2. The first-order valence-corrected chi connectivity index (χ1v) is 5.20. The Morgan fingerprint density at radius 2 is 2.07 bits per heavy atom. The summed E-state index contributed by atoms with van der Waals surface area (Å²) in [5.41, 5.74) is 0.946. The number of hydrogen-bond acceptors (Lipinski definition) is 1. The Labute approximate surface area is 94.7 Å². The van der Waals surface area contributed by atoms with Gasteiger partial charge < -0.3 is 5.32 Å². The van der Waals surface area contributed by atoms with Gasteiger partial charge in [0.05, 0.1) is 10.0 Å². The molecule has 1 rings (SSSR count). The largest absolute Gasteiger partial charge is 0.314 e. The van der Waals surface area contributed by atoms with Crippen LogP contribution in [0.25, 0.3) is 6.08 Å². The summed E-state index contributed by atoms with van der Waals surface area (Å²) in [6.07, 6.45) is 4.01. The summed E-state index contributed by atoms with van der Waals surface area (Å²) in [5.74, 6) is 0. The van der Waals surface area contributed by atoms with Crippen LogP contribution in [-0.4, -0.2) is 13.1 Å². The minimum atomic E-state index is 0.324. The third kappa shape index (κ3) is 3.02. The molecule has 76 valence electrons. The average molecular weight is 230 g/mol. The van der Waals surface area contributed by atoms with Gasteiger partial charge in [0.2, 0.25) is 0 Å². The molecule has 1 aromatic rings. The van der Waals surface area contributed by atoms with Crippen LogP contribution in [0.2, 0.25) is 10.0 Å². The van der Waals surface area contributed by atoms with Crippen molar-refractivity contribution in [1.29, 1.82) is 0 Å². The molecule has 0 saturated heterocycles. The smallest absolute Gasteiger partial charge is 0.0664 e. The predicted molar refractivity (Wildman–Crippen MR) is 64.0 cm³/mol. The fraction of sp³-hybridized carbons (Fsp3) is 0.273. The van der Waals surface area contributed by atoms with Crippen molar-refractivity contribution in [2.45, 2.75) is 13.0 Å². The van der Waals surface area contributed by atoms with Crippen LogP contribution in [0.1, 0.15) is 12.5 Å². The maximum Gasteiger partial charge on any atom is 0.0664 e. The van der Waals surface area contributed by atoms with Gasteiger partial charge in [0.1, 0.15) is 0 Å². The zero-order valence-electron chi connectivity index (χ0n) is 8.22. The number of hydrogen-bond donors (Lipinski definition) is 1. The molecule has 14 heavy (non-hydrogen) atoms. The molecule has 1 N–H and O–H groups in total. The summed E-state index contributed by atoms with van der Waals surface area (Å²) in [5, 5.41) is 4.30. The van der Waals surface area contributed by atoms with E-state index in [2.05, 4.69) is 12.2 Å². The van der Waals surface area contributed by atoms with Gasteiger partial charge in [-0.05, 0) is 25.6 Å². The van der Waals surface area contributed by atoms with Gasteiger partial charge >= 0.3 is 0 Å². The SMILES string of the molecule is CNC(C)/C=C/c1cccc(Cl)c1Cl. The molecule has 0 radical (unpaired) electrons. The monoisotopic (exact) mass is 229 g/mol. The molecule has 1 atom stereocenters. The fourth-order valence-corrected chi connectivity index (χ4v) is 1.36. The molecule has 0 aromatic heterocycles. The van der Waals surface area contributed by atoms with Crippen molar-refractivity contribution in [2.24, 2.45) is 0 Å². The van der Waals surface area contributed by atoms with E-state index in [0.717, 1.165) is 5.56 Å². The molecule has 0 spiro atoms. The standard InChI is InChI=1S/C11H13Cl2N/c1-8(14-2)6-7-9-4-3-5-10(12)11(9)13/h3-8,14H,1-2H3/b7-6+. The van der Waals surface area contributed by atoms with Gasteiger partial charge in [-0.25, -0.2) is 0 Å². The lowest BCUT2D eigenvalue weighted by molar-refractivity contribution is 0.731. The van der Waals surface area contributed by atoms with Crippen LogP contribution in [0.5, 0.6) is 0 Å². The first kappa shape index (κ1) is 11.6. The van der Waals surface area contributed by atoms with Crippen molar-refractivity contribution in [3.63, 3.8) is 0 Å². The van der Waals surface area contributed by atoms with E-state index < -0.39 is 0 Å². The summed E-state index contributed by atoms with van der Waals surface area (Å²) in [7, 11) is 1.91. The van der Waals surface area contributed by atoms with E-state index in [0.29, 0.717) is 16.1 Å². The number of nitrogens with one attached hydrogen (secondary N) is 1. The van der Waals surface area contributed by atoms with Gasteiger partial charge in [-0.1, -0.05) is 47.5 Å². The highest BCUT2D eigenvalue weighted by atomic mass is 35.5. The quantitative estimate of drug-likeness (QED) is 0.836. The Bertz CT molecular complexity index is 334. The highest BCUT2D eigenvalue weighted by molar-refractivity contribution is 6.42. The average Bonchev–Trinajstić information content (AvgIpc) is 2.20. The van der Waals surface area contributed by atoms with Crippen molar-refractivity contribution in [3.8, 4) is 0 Å². The Kier molecular flexibility index (Phi) is 4.46. The topological polar surface area (TPSA) is 12.0 Å². The Balaban J connectivity index is 2.86. The molecule has 1 unspecified atom stereocenters. The summed E-state index contributed by atoms with van der Waals surface area (Å²) in [6, 6.07) is 5.93. The number of benzene rings is 1. The third-order valence-electron chi connectivity index (χ3n) is 2.00. The number of likely N-dealkylation sites (N-methyl/N-ethyl adjacent to an activating group) is 1. The van der Waals surface area contributed by atoms with Crippen molar-refractivity contribution in [2.75, 3.05) is 7.05 Å². The molecule has 0 bridgehead atoms. The van der Waals surface area contributed by atoms with Gasteiger partial charge in [0, 0.05) is 6.04 Å². The summed E-state index contributed by atoms with van der Waals surface area (Å²) in [4.78, 5) is 0. The van der Waals surface area contributed by atoms with E-state index >= 15 is 0 Å². The van der Waals surface area contributed by atoms with Crippen LogP contribution in [0.3, 0.4) is 0 Å². The summed E-state index contributed by atoms with van der Waals surface area (Å²) in [6.45, 7) is 2.06. The van der Waals surface area contributed by atoms with Gasteiger partial charge in [0.25, 0.3) is 0 Å². The van der Waals surface area contributed by atoms with Crippen molar-refractivity contribution in [3.05, 3.63) is 39.9 Å². The molecule has 1 aromatic carbocycles. The van der Waals surface area contributed by atoms with E-state index in [-0.39, 0.29) is 0 Å². The normalized spacial score (nSPS) is 13.4. The van der Waals surface area contributed by atoms with Crippen LogP contribution < -0.4 is 5.32 Å². The Hall–Kier alpha value is -0.500. The second-order valence-corrected chi connectivity index (χ2v) is 3.86. The molecule has 0 heterocycles. The van der Waals surface area contributed by atoms with E-state index in [1.165, 1.54) is 0 Å². The van der Waals surface area contributed by atoms with Crippen molar-refractivity contribution in [1.82, 2.24) is 5.32 Å². The predicted octanol–water partition coefficient (Wildman–Crippen LogP) is 3.61. The van der Waals surface area contributed by atoms with Crippen LogP contribution in [0.15, 0.2) is 24.3 Å². The highest BCUT2D eigenvalue weighted by Crippen LogP contribution is 2.26. The first-order chi connectivity index (χ1) is 6.65. The maximum absolute atomic E-state index is 6.02. The second kappa shape index (κ2) is 5.40. The molecule has 0 saturated carbocycles. The number of rotatable bonds is 3. The fourth-order valence-electron chi connectivity index (χ4n) is 0.993. The molecule has 0 aliphatic rings. The van der Waals surface area contributed by atoms with E-state index in [9.17, 15) is 0 Å². The Morgan fingerprint density at radius 1 is 1.36 bits per heavy atom. The van der Waals surface area contributed by atoms with Crippen LogP contribution in [-0.2, 0) is 0 Å². The second-order valence-electron chi connectivity index (χ2n) is 3.08. The lowest BCUT2D eigenvalue weighted by Gasteiger charge is -2.04. The van der Waals surface area contributed by atoms with Crippen LogP contribution in [0, 0.1) is 0 Å². The summed E-state index contributed by atoms with van der Waals surface area (Å²) < 4.78 is 0. The van der Waals surface area contributed by atoms with Gasteiger partial charge in [-0.3, -0.25) is 0 Å². The molecule has 3 heteroatoms. The zero-order chi connectivity index (χ0) is 10.6. The summed E-state index contributed by atoms with van der Waals surface area (Å²) >= 11 is 11.9. The minimum absolute atomic E-state index is 0.324. The van der Waals surface area contributed by atoms with Crippen LogP contribution in [0.4, 0.5) is 0 Å². The number of halogens is 2. The minimum Gasteiger partial charge on any atom is -0.314 e. The van der Waals surface area contributed by atoms with Gasteiger partial charge in [-0.2, -0.15) is 0 Å². The first-order valence-electron chi connectivity index (χ1n) is 4.44. The van der Waals surface area contributed by atoms with E-state index in [1.54, 1.807) is 6.07 Å². The van der Waals surface area contributed by atoms with Gasteiger partial charge in [-0.15, -0.1) is 0 Å². The molecule has 0 fully saturated rings. The molecule has 0 aliphatic heterocycles. The lowest BCUT2D eigenvalue weighted by Crippen LogP contribution is -2.17. The van der Waals surface area contributed by atoms with Crippen molar-refractivity contribution >= 4 is 29.3 Å². The highest BCUT2D eigenvalue weighted by Gasteiger charge is 2.00. The molecular weight excluding hydrogens is 217 g/mol. The molecule has 0 aliphatic carbocycles. The molecule has 0 amide bonds. The van der Waals surface area contributed by atoms with E-state index in [4.69, 9.17) is 23.2 Å². The van der Waals surface area contributed by atoms with Crippen molar-refractivity contribution < 1.29 is 0 Å². The molecule has 1 nitrogen and oxygen atoms in total. The molecular formula is C11H13Cl2N. The zero-order valence-corrected chi connectivity index (χ0v) is 9.73. The van der Waals surface area contributed by atoms with E-state index in [1.807, 2.05) is 31.3 Å². The Morgan fingerprint density at radius 3 is 2.71 bits per heavy atom.